The monoisotopic (exact) mass is 282 g/mol. The van der Waals surface area contributed by atoms with E-state index in [1.54, 1.807) is 11.1 Å². The van der Waals surface area contributed by atoms with E-state index in [-0.39, 0.29) is 25.7 Å². The molecule has 1 aliphatic heterocycles. The third kappa shape index (κ3) is 3.13. The highest BCUT2D eigenvalue weighted by Crippen LogP contribution is 2.21. The smallest absolute Gasteiger partial charge is 0.311 e. The van der Waals surface area contributed by atoms with Crippen LogP contribution >= 0.6 is 0 Å². The minimum atomic E-state index is -0.929. The van der Waals surface area contributed by atoms with Crippen molar-refractivity contribution in [1.82, 2.24) is 19.9 Å². The largest absolute Gasteiger partial charge is 0.481 e. The van der Waals surface area contributed by atoms with Crippen molar-refractivity contribution in [3.63, 3.8) is 0 Å². The SMILES string of the molecule is CCCN(C(=O)Cn1ccnn1)C1COCC1C(=O)O. The van der Waals surface area contributed by atoms with Gasteiger partial charge in [0.25, 0.3) is 0 Å². The number of aromatic nitrogens is 3. The quantitative estimate of drug-likeness (QED) is 0.763. The van der Waals surface area contributed by atoms with E-state index in [9.17, 15) is 14.7 Å². The summed E-state index contributed by atoms with van der Waals surface area (Å²) in [7, 11) is 0. The first-order valence-corrected chi connectivity index (χ1v) is 6.57. The lowest BCUT2D eigenvalue weighted by atomic mass is 10.0. The lowest BCUT2D eigenvalue weighted by Gasteiger charge is -2.30. The van der Waals surface area contributed by atoms with Crippen LogP contribution in [-0.4, -0.2) is 62.7 Å². The van der Waals surface area contributed by atoms with E-state index in [0.29, 0.717) is 6.54 Å². The maximum atomic E-state index is 12.3. The predicted molar refractivity (Wildman–Crippen MR) is 67.8 cm³/mol. The van der Waals surface area contributed by atoms with Gasteiger partial charge in [0.1, 0.15) is 12.5 Å². The number of ether oxygens (including phenoxy) is 1. The maximum Gasteiger partial charge on any atom is 0.311 e. The highest BCUT2D eigenvalue weighted by Gasteiger charge is 2.39. The zero-order valence-corrected chi connectivity index (χ0v) is 11.3. The van der Waals surface area contributed by atoms with E-state index < -0.39 is 17.9 Å². The molecule has 1 fully saturated rings. The number of amides is 1. The molecule has 8 nitrogen and oxygen atoms in total. The highest BCUT2D eigenvalue weighted by atomic mass is 16.5. The number of nitrogens with zero attached hydrogens (tertiary/aromatic N) is 4. The van der Waals surface area contributed by atoms with Gasteiger partial charge in [-0.25, -0.2) is 4.68 Å². The number of carboxylic acid groups (broad SMARTS) is 1. The van der Waals surface area contributed by atoms with E-state index in [4.69, 9.17) is 4.74 Å². The Kier molecular flexibility index (Phi) is 4.67. The lowest BCUT2D eigenvalue weighted by Crippen LogP contribution is -2.48. The van der Waals surface area contributed by atoms with Crippen LogP contribution in [-0.2, 0) is 20.9 Å². The van der Waals surface area contributed by atoms with Crippen molar-refractivity contribution in [1.29, 1.82) is 0 Å². The Hall–Kier alpha value is -1.96. The summed E-state index contributed by atoms with van der Waals surface area (Å²) < 4.78 is 6.66. The molecule has 0 aliphatic carbocycles. The molecule has 110 valence electrons. The zero-order valence-electron chi connectivity index (χ0n) is 11.3. The van der Waals surface area contributed by atoms with Crippen molar-refractivity contribution in [2.45, 2.75) is 25.9 Å². The van der Waals surface area contributed by atoms with Crippen molar-refractivity contribution in [2.75, 3.05) is 19.8 Å². The second kappa shape index (κ2) is 6.47. The third-order valence-corrected chi connectivity index (χ3v) is 3.32. The number of rotatable bonds is 6. The summed E-state index contributed by atoms with van der Waals surface area (Å²) in [5.41, 5.74) is 0. The van der Waals surface area contributed by atoms with E-state index >= 15 is 0 Å². The van der Waals surface area contributed by atoms with Gasteiger partial charge in [-0.05, 0) is 6.42 Å². The van der Waals surface area contributed by atoms with Crippen LogP contribution in [0.5, 0.6) is 0 Å². The molecule has 2 atom stereocenters. The van der Waals surface area contributed by atoms with Crippen LogP contribution in [0.25, 0.3) is 0 Å². The normalized spacial score (nSPS) is 21.9. The molecule has 1 aromatic heterocycles. The number of hydrogen-bond acceptors (Lipinski definition) is 5. The molecule has 1 N–H and O–H groups in total. The molecule has 0 spiro atoms. The molecule has 1 aromatic rings. The summed E-state index contributed by atoms with van der Waals surface area (Å²) in [5, 5.41) is 16.6. The standard InChI is InChI=1S/C12H18N4O4/c1-2-4-16(10-8-20-7-9(10)12(18)19)11(17)6-15-5-3-13-14-15/h3,5,9-10H,2,4,6-8H2,1H3,(H,18,19). The zero-order chi connectivity index (χ0) is 14.5. The summed E-state index contributed by atoms with van der Waals surface area (Å²) in [4.78, 5) is 25.2. The Morgan fingerprint density at radius 3 is 2.90 bits per heavy atom. The van der Waals surface area contributed by atoms with E-state index in [0.717, 1.165) is 6.42 Å². The Labute approximate surface area is 116 Å². The van der Waals surface area contributed by atoms with Crippen LogP contribution < -0.4 is 0 Å². The highest BCUT2D eigenvalue weighted by molar-refractivity contribution is 5.78. The van der Waals surface area contributed by atoms with E-state index in [2.05, 4.69) is 10.3 Å². The van der Waals surface area contributed by atoms with Crippen molar-refractivity contribution < 1.29 is 19.4 Å². The van der Waals surface area contributed by atoms with Crippen LogP contribution in [0.3, 0.4) is 0 Å². The second-order valence-electron chi connectivity index (χ2n) is 4.74. The van der Waals surface area contributed by atoms with Gasteiger partial charge in [-0.2, -0.15) is 0 Å². The average Bonchev–Trinajstić information content (AvgIpc) is 3.06. The maximum absolute atomic E-state index is 12.3. The van der Waals surface area contributed by atoms with Gasteiger partial charge in [-0.15, -0.1) is 5.10 Å². The van der Waals surface area contributed by atoms with Crippen LogP contribution in [0.1, 0.15) is 13.3 Å². The Morgan fingerprint density at radius 2 is 2.30 bits per heavy atom. The minimum absolute atomic E-state index is 0.0584. The summed E-state index contributed by atoms with van der Waals surface area (Å²) in [6.07, 6.45) is 3.85. The number of aliphatic carboxylic acids is 1. The molecule has 2 unspecified atom stereocenters. The van der Waals surface area contributed by atoms with Gasteiger partial charge in [0.05, 0.1) is 25.5 Å². The molecule has 0 aromatic carbocycles. The number of carbonyl (C=O) groups excluding carboxylic acids is 1. The summed E-state index contributed by atoms with van der Waals surface area (Å²) >= 11 is 0. The Bertz CT molecular complexity index is 462. The molecule has 0 radical (unpaired) electrons. The van der Waals surface area contributed by atoms with Gasteiger partial charge in [0, 0.05) is 12.7 Å². The van der Waals surface area contributed by atoms with Crippen molar-refractivity contribution in [2.24, 2.45) is 5.92 Å². The molecule has 8 heteroatoms. The van der Waals surface area contributed by atoms with Gasteiger partial charge >= 0.3 is 5.97 Å². The van der Waals surface area contributed by atoms with Crippen molar-refractivity contribution in [3.05, 3.63) is 12.4 Å². The van der Waals surface area contributed by atoms with Crippen LogP contribution in [0.4, 0.5) is 0 Å². The fraction of sp³-hybridized carbons (Fsp3) is 0.667. The fourth-order valence-electron chi connectivity index (χ4n) is 2.35. The van der Waals surface area contributed by atoms with E-state index in [1.807, 2.05) is 6.92 Å². The number of hydrogen-bond donors (Lipinski definition) is 1. The molecule has 2 heterocycles. The van der Waals surface area contributed by atoms with Crippen molar-refractivity contribution in [3.8, 4) is 0 Å². The molecule has 1 amide bonds. The van der Waals surface area contributed by atoms with Gasteiger partial charge in [0.15, 0.2) is 0 Å². The number of carbonyl (C=O) groups is 2. The topological polar surface area (TPSA) is 97.5 Å². The van der Waals surface area contributed by atoms with Crippen LogP contribution in [0.15, 0.2) is 12.4 Å². The molecule has 1 saturated heterocycles. The molecule has 0 bridgehead atoms. The molecule has 0 saturated carbocycles. The Balaban J connectivity index is 2.09. The number of carboxylic acids is 1. The van der Waals surface area contributed by atoms with Gasteiger partial charge in [0.2, 0.25) is 5.91 Å². The average molecular weight is 282 g/mol. The van der Waals surface area contributed by atoms with Crippen LogP contribution in [0, 0.1) is 5.92 Å². The van der Waals surface area contributed by atoms with E-state index in [1.165, 1.54) is 10.9 Å². The molecular formula is C12H18N4O4. The fourth-order valence-corrected chi connectivity index (χ4v) is 2.35. The molecule has 2 rings (SSSR count). The minimum Gasteiger partial charge on any atom is -0.481 e. The lowest BCUT2D eigenvalue weighted by molar-refractivity contribution is -0.145. The summed E-state index contributed by atoms with van der Waals surface area (Å²) in [6, 6.07) is -0.413. The van der Waals surface area contributed by atoms with Gasteiger partial charge in [-0.3, -0.25) is 9.59 Å². The van der Waals surface area contributed by atoms with Gasteiger partial charge in [-0.1, -0.05) is 12.1 Å². The van der Waals surface area contributed by atoms with Crippen molar-refractivity contribution >= 4 is 11.9 Å². The molecule has 1 aliphatic rings. The first kappa shape index (κ1) is 14.4. The summed E-state index contributed by atoms with van der Waals surface area (Å²) in [5.74, 6) is -1.76. The third-order valence-electron chi connectivity index (χ3n) is 3.32. The first-order valence-electron chi connectivity index (χ1n) is 6.57. The second-order valence-corrected chi connectivity index (χ2v) is 4.74. The Morgan fingerprint density at radius 1 is 1.50 bits per heavy atom. The summed E-state index contributed by atoms with van der Waals surface area (Å²) in [6.45, 7) is 2.92. The molecule has 20 heavy (non-hydrogen) atoms. The predicted octanol–water partition coefficient (Wildman–Crippen LogP) is -0.384. The molecular weight excluding hydrogens is 264 g/mol. The first-order chi connectivity index (χ1) is 9.63. The van der Waals surface area contributed by atoms with Crippen LogP contribution in [0.2, 0.25) is 0 Å². The van der Waals surface area contributed by atoms with Gasteiger partial charge < -0.3 is 14.7 Å².